The SMILES string of the molecule is Brc1ccc2c(c1)c1ccccc1n2-c1ccc(I)cc1.CCCCCCC1(CCCCCC)c2cc(-c3ccc(-n4c5ccccc5c5ccccc54)cc3)ccc2-c2ccc(-c3ccc(-n4c5ccccc5c5cc(Br)ccc54)cc3)cc21.CCCCCCC1(CCCCCC)c2cc(B3OC(C)(C)C(C)(C)O3)ccc2-c2ccc(-c3ccc(-n4c5ccccc5c5ccccc54)cc3)cc21. The first-order valence-corrected chi connectivity index (χ1v) is 53.5. The van der Waals surface area contributed by atoms with Crippen LogP contribution in [-0.2, 0) is 20.1 Å². The van der Waals surface area contributed by atoms with Crippen LogP contribution in [0.15, 0.2) is 361 Å². The van der Waals surface area contributed by atoms with Gasteiger partial charge in [0, 0.05) is 89.2 Å². The molecule has 0 amide bonds. The minimum atomic E-state index is -0.372. The highest BCUT2D eigenvalue weighted by Gasteiger charge is 2.53. The van der Waals surface area contributed by atoms with Gasteiger partial charge in [0.1, 0.15) is 0 Å². The Balaban J connectivity index is 0.000000137. The summed E-state index contributed by atoms with van der Waals surface area (Å²) in [6.45, 7) is 17.9. The topological polar surface area (TPSA) is 38.2 Å². The molecule has 2 aliphatic carbocycles. The number of hydrogen-bond acceptors (Lipinski definition) is 2. The summed E-state index contributed by atoms with van der Waals surface area (Å²) in [5.74, 6) is 0. The number of hydrogen-bond donors (Lipinski definition) is 0. The van der Waals surface area contributed by atoms with Crippen LogP contribution in [-0.4, -0.2) is 36.6 Å². The molecule has 4 aromatic heterocycles. The van der Waals surface area contributed by atoms with Crippen molar-refractivity contribution in [1.82, 2.24) is 18.3 Å². The lowest BCUT2D eigenvalue weighted by molar-refractivity contribution is 0.00578. The van der Waals surface area contributed by atoms with Crippen molar-refractivity contribution >= 4 is 154 Å². The molecule has 690 valence electrons. The molecule has 20 aromatic rings. The summed E-state index contributed by atoms with van der Waals surface area (Å²) in [6.07, 6.45) is 24.9. The average Bonchev–Trinajstić information content (AvgIpc) is 1.56. The average molecular weight is 2050 g/mol. The zero-order chi connectivity index (χ0) is 94.4. The molecule has 23 rings (SSSR count). The maximum atomic E-state index is 6.62. The highest BCUT2D eigenvalue weighted by molar-refractivity contribution is 14.1. The van der Waals surface area contributed by atoms with Crippen molar-refractivity contribution in [3.8, 4) is 78.4 Å². The van der Waals surface area contributed by atoms with E-state index in [1.807, 2.05) is 0 Å². The smallest absolute Gasteiger partial charge is 0.399 e. The summed E-state index contributed by atoms with van der Waals surface area (Å²) in [5.41, 5.74) is 34.4. The molecule has 1 aliphatic heterocycles. The fourth-order valence-electron chi connectivity index (χ4n) is 23.3. The van der Waals surface area contributed by atoms with E-state index < -0.39 is 0 Å². The molecule has 0 saturated carbocycles. The first-order chi connectivity index (χ1) is 67.5. The minimum absolute atomic E-state index is 0.0295. The van der Waals surface area contributed by atoms with E-state index in [2.05, 4.69) is 480 Å². The van der Waals surface area contributed by atoms with Crippen molar-refractivity contribution in [2.24, 2.45) is 0 Å². The molecule has 0 spiro atoms. The Labute approximate surface area is 845 Å². The van der Waals surface area contributed by atoms with Crippen molar-refractivity contribution in [1.29, 1.82) is 0 Å². The highest BCUT2D eigenvalue weighted by atomic mass is 127. The molecule has 0 unspecified atom stereocenters. The summed E-state index contributed by atoms with van der Waals surface area (Å²) in [5, 5.41) is 10.3. The van der Waals surface area contributed by atoms with E-state index in [0.29, 0.717) is 0 Å². The monoisotopic (exact) mass is 2040 g/mol. The van der Waals surface area contributed by atoms with Gasteiger partial charge in [0.25, 0.3) is 0 Å². The quantitative estimate of drug-likeness (QED) is 0.0278. The van der Waals surface area contributed by atoms with Crippen molar-refractivity contribution in [3.05, 3.63) is 387 Å². The molecule has 6 nitrogen and oxygen atoms in total. The third-order valence-corrected chi connectivity index (χ3v) is 32.7. The Morgan fingerprint density at radius 3 is 0.783 bits per heavy atom. The number of para-hydroxylation sites is 6. The molecule has 1 fully saturated rings. The zero-order valence-electron chi connectivity index (χ0n) is 80.9. The van der Waals surface area contributed by atoms with Crippen LogP contribution in [0.5, 0.6) is 0 Å². The van der Waals surface area contributed by atoms with Gasteiger partial charge in [-0.2, -0.15) is 0 Å². The van der Waals surface area contributed by atoms with E-state index in [1.54, 1.807) is 0 Å². The van der Waals surface area contributed by atoms with Gasteiger partial charge in [0.15, 0.2) is 0 Å². The van der Waals surface area contributed by atoms with Gasteiger partial charge >= 0.3 is 7.12 Å². The van der Waals surface area contributed by atoms with E-state index >= 15 is 0 Å². The Bertz CT molecular complexity index is 7740. The van der Waals surface area contributed by atoms with Crippen LogP contribution in [0.1, 0.15) is 206 Å². The Hall–Kier alpha value is -11.6. The predicted octanol–water partition coefficient (Wildman–Crippen LogP) is 37.3. The fourth-order valence-corrected chi connectivity index (χ4v) is 24.3. The molecule has 0 atom stereocenters. The van der Waals surface area contributed by atoms with Gasteiger partial charge in [-0.05, 0) is 311 Å². The zero-order valence-corrected chi connectivity index (χ0v) is 86.3. The van der Waals surface area contributed by atoms with Crippen LogP contribution in [0.3, 0.4) is 0 Å². The molecule has 3 aliphatic rings. The van der Waals surface area contributed by atoms with Gasteiger partial charge in [-0.15, -0.1) is 0 Å². The second kappa shape index (κ2) is 39.6. The predicted molar refractivity (Wildman–Crippen MR) is 604 cm³/mol. The largest absolute Gasteiger partial charge is 0.494 e. The Kier molecular flexibility index (Phi) is 26.6. The summed E-state index contributed by atoms with van der Waals surface area (Å²) in [6, 6.07) is 131. The number of unbranched alkanes of at least 4 members (excludes halogenated alkanes) is 12. The van der Waals surface area contributed by atoms with Gasteiger partial charge in [-0.3, -0.25) is 0 Å². The van der Waals surface area contributed by atoms with Gasteiger partial charge in [0.2, 0.25) is 0 Å². The lowest BCUT2D eigenvalue weighted by Gasteiger charge is -2.33. The van der Waals surface area contributed by atoms with Crippen molar-refractivity contribution in [2.75, 3.05) is 0 Å². The number of benzene rings is 16. The number of aromatic nitrogens is 4. The van der Waals surface area contributed by atoms with Crippen LogP contribution < -0.4 is 5.46 Å². The Morgan fingerprint density at radius 1 is 0.246 bits per heavy atom. The number of nitrogens with zero attached hydrogens (tertiary/aromatic N) is 4. The highest BCUT2D eigenvalue weighted by Crippen LogP contribution is 2.58. The van der Waals surface area contributed by atoms with Gasteiger partial charge in [-0.1, -0.05) is 362 Å². The molecule has 10 heteroatoms. The van der Waals surface area contributed by atoms with Gasteiger partial charge in [-0.25, -0.2) is 0 Å². The Morgan fingerprint density at radius 2 is 0.493 bits per heavy atom. The molecule has 16 aromatic carbocycles. The first kappa shape index (κ1) is 92.7. The summed E-state index contributed by atoms with van der Waals surface area (Å²) < 4.78 is 26.3. The van der Waals surface area contributed by atoms with E-state index in [1.165, 1.54) is 320 Å². The molecule has 138 heavy (non-hydrogen) atoms. The van der Waals surface area contributed by atoms with Crippen LogP contribution in [0.2, 0.25) is 0 Å². The van der Waals surface area contributed by atoms with E-state index in [4.69, 9.17) is 9.31 Å². The van der Waals surface area contributed by atoms with Crippen LogP contribution in [0.25, 0.3) is 166 Å². The van der Waals surface area contributed by atoms with E-state index in [-0.39, 0.29) is 29.2 Å². The molecule has 0 radical (unpaired) electrons. The molecule has 0 N–H and O–H groups in total. The number of fused-ring (bicyclic) bond motifs is 18. The normalized spacial score (nSPS) is 14.2. The standard InChI is InChI=1S/C61H55BrN2.C49H56BNO2.C18H11BrIN/c1-3-5-7-15-37-61(38-16-8-6-4-2)55-39-44(42-23-30-47(31-24-42)63-57-20-12-9-17-51(57)52-18-10-13-21-58(52)63)27-34-49(55)50-35-28-45(40-56(50)61)43-25-32-48(33-26-43)64-59-22-14-11-19-53(59)54-41-46(62)29-36-60(54)64;1-7-9-11-17-31-49(32-18-12-10-8-2)43-33-36(25-29-39(43)40-30-26-37(34-44(40)49)50-52-47(3,4)48(5,6)53-50)35-23-27-38(28-24-35)51-45-21-15-13-19-41(45)42-20-14-16-22-46(42)51;19-12-5-10-18-16(11-12)15-3-1-2-4-17(15)21(18)14-8-6-13(20)7-9-14/h9-14,17-36,39-41H,3-8,15-16,37-38H2,1-2H3;13-16,19-30,33-34H,7-12,17-18,31-32H2,1-6H3;1-11H. The lowest BCUT2D eigenvalue weighted by atomic mass is 9.68. The second-order valence-corrected chi connectivity index (χ2v) is 43.0. The van der Waals surface area contributed by atoms with E-state index in [0.717, 1.165) is 14.4 Å². The lowest BCUT2D eigenvalue weighted by Crippen LogP contribution is -2.41. The molecular weight excluding hydrogens is 1920 g/mol. The molecule has 5 heterocycles. The van der Waals surface area contributed by atoms with Crippen LogP contribution in [0, 0.1) is 3.57 Å². The maximum absolute atomic E-state index is 6.62. The third-order valence-electron chi connectivity index (χ3n) is 31.0. The fraction of sp³-hybridized carbons (Fsp3) is 0.250. The minimum Gasteiger partial charge on any atom is -0.399 e. The van der Waals surface area contributed by atoms with Gasteiger partial charge in [0.05, 0.1) is 55.3 Å². The first-order valence-electron chi connectivity index (χ1n) is 50.8. The molecular formula is C128H122BBr2IN4O2. The van der Waals surface area contributed by atoms with Crippen LogP contribution in [0.4, 0.5) is 0 Å². The van der Waals surface area contributed by atoms with Crippen molar-refractivity contribution in [2.45, 2.75) is 206 Å². The second-order valence-electron chi connectivity index (χ2n) is 40.0. The maximum Gasteiger partial charge on any atom is 0.494 e. The summed E-state index contributed by atoms with van der Waals surface area (Å²) in [7, 11) is -0.365. The van der Waals surface area contributed by atoms with Crippen LogP contribution >= 0.6 is 54.5 Å². The van der Waals surface area contributed by atoms with Gasteiger partial charge < -0.3 is 27.6 Å². The molecule has 1 saturated heterocycles. The third kappa shape index (κ3) is 17.2. The number of halogens is 3. The van der Waals surface area contributed by atoms with E-state index in [9.17, 15) is 0 Å². The van der Waals surface area contributed by atoms with Crippen molar-refractivity contribution < 1.29 is 9.31 Å². The number of rotatable bonds is 28. The molecule has 0 bridgehead atoms. The van der Waals surface area contributed by atoms with Crippen molar-refractivity contribution in [3.63, 3.8) is 0 Å². The summed E-state index contributed by atoms with van der Waals surface area (Å²) >= 11 is 9.65. The summed E-state index contributed by atoms with van der Waals surface area (Å²) in [4.78, 5) is 0.